The fourth-order valence-corrected chi connectivity index (χ4v) is 1.10. The van der Waals surface area contributed by atoms with E-state index in [0.717, 1.165) is 0 Å². The van der Waals surface area contributed by atoms with Crippen LogP contribution in [0.5, 0.6) is 0 Å². The molecule has 0 aromatic heterocycles. The van der Waals surface area contributed by atoms with Gasteiger partial charge in [0, 0.05) is 12.5 Å². The van der Waals surface area contributed by atoms with Gasteiger partial charge in [0.25, 0.3) is 0 Å². The van der Waals surface area contributed by atoms with Crippen molar-refractivity contribution in [2.75, 3.05) is 13.7 Å². The second-order valence-corrected chi connectivity index (χ2v) is 3.63. The summed E-state index contributed by atoms with van der Waals surface area (Å²) in [4.78, 5) is 22.0. The molecule has 74 valence electrons. The summed E-state index contributed by atoms with van der Waals surface area (Å²) in [6, 6.07) is 0. The van der Waals surface area contributed by atoms with Crippen LogP contribution in [0.3, 0.4) is 0 Å². The predicted octanol–water partition coefficient (Wildman–Crippen LogP) is 0.294. The molecule has 0 saturated carbocycles. The van der Waals surface area contributed by atoms with Gasteiger partial charge >= 0.3 is 12.1 Å². The molecule has 1 rings (SSSR count). The van der Waals surface area contributed by atoms with Crippen LogP contribution in [-0.4, -0.2) is 31.8 Å². The Morgan fingerprint density at radius 2 is 2.31 bits per heavy atom. The zero-order chi connectivity index (χ0) is 10.1. The first kappa shape index (κ1) is 9.83. The van der Waals surface area contributed by atoms with Gasteiger partial charge in [0.2, 0.25) is 6.10 Å². The van der Waals surface area contributed by atoms with Crippen LogP contribution in [0.4, 0.5) is 4.79 Å². The average molecular weight is 187 g/mol. The molecular weight excluding hydrogens is 174 g/mol. The van der Waals surface area contributed by atoms with E-state index in [-0.39, 0.29) is 6.61 Å². The molecule has 0 bridgehead atoms. The monoisotopic (exact) mass is 187 g/mol. The second kappa shape index (κ2) is 3.24. The predicted molar refractivity (Wildman–Crippen MR) is 44.1 cm³/mol. The second-order valence-electron chi connectivity index (χ2n) is 3.63. The number of nitrogens with one attached hydrogen (secondary N) is 1. The Bertz CT molecular complexity index is 236. The zero-order valence-corrected chi connectivity index (χ0v) is 7.92. The smallest absolute Gasteiger partial charge is 0.407 e. The highest BCUT2D eigenvalue weighted by Crippen LogP contribution is 2.30. The summed E-state index contributed by atoms with van der Waals surface area (Å²) in [5, 5.41) is 2.28. The molecule has 1 saturated heterocycles. The topological polar surface area (TPSA) is 64.6 Å². The largest absolute Gasteiger partial charge is 0.462 e. The first-order valence-electron chi connectivity index (χ1n) is 4.02. The maximum Gasteiger partial charge on any atom is 0.407 e. The Balaban J connectivity index is 2.66. The molecule has 1 aliphatic rings. The number of hydrogen-bond donors (Lipinski definition) is 1. The number of ether oxygens (including phenoxy) is 2. The molecule has 1 amide bonds. The van der Waals surface area contributed by atoms with Crippen molar-refractivity contribution in [3.63, 3.8) is 0 Å². The number of rotatable bonds is 1. The lowest BCUT2D eigenvalue weighted by Crippen LogP contribution is -2.37. The summed E-state index contributed by atoms with van der Waals surface area (Å²) in [6.07, 6.45) is -1.41. The van der Waals surface area contributed by atoms with Crippen molar-refractivity contribution < 1.29 is 19.1 Å². The van der Waals surface area contributed by atoms with E-state index in [1.165, 1.54) is 7.05 Å². The summed E-state index contributed by atoms with van der Waals surface area (Å²) < 4.78 is 9.65. The van der Waals surface area contributed by atoms with Crippen LogP contribution in [0.2, 0.25) is 0 Å². The minimum absolute atomic E-state index is 0.285. The van der Waals surface area contributed by atoms with Crippen LogP contribution in [0, 0.1) is 5.41 Å². The quantitative estimate of drug-likeness (QED) is 0.599. The number of esters is 1. The van der Waals surface area contributed by atoms with Gasteiger partial charge in [-0.1, -0.05) is 13.8 Å². The van der Waals surface area contributed by atoms with Gasteiger partial charge < -0.3 is 14.8 Å². The van der Waals surface area contributed by atoms with E-state index < -0.39 is 23.6 Å². The molecule has 1 fully saturated rings. The zero-order valence-electron chi connectivity index (χ0n) is 7.92. The van der Waals surface area contributed by atoms with Gasteiger partial charge in [-0.3, -0.25) is 0 Å². The van der Waals surface area contributed by atoms with Crippen molar-refractivity contribution in [2.24, 2.45) is 5.41 Å². The fourth-order valence-electron chi connectivity index (χ4n) is 1.10. The van der Waals surface area contributed by atoms with Gasteiger partial charge in [0.15, 0.2) is 0 Å². The highest BCUT2D eigenvalue weighted by molar-refractivity contribution is 5.81. The minimum Gasteiger partial charge on any atom is -0.462 e. The van der Waals surface area contributed by atoms with E-state index >= 15 is 0 Å². The Kier molecular flexibility index (Phi) is 2.45. The van der Waals surface area contributed by atoms with Gasteiger partial charge in [-0.15, -0.1) is 0 Å². The van der Waals surface area contributed by atoms with Crippen LogP contribution in [0.25, 0.3) is 0 Å². The van der Waals surface area contributed by atoms with E-state index in [1.54, 1.807) is 0 Å². The molecule has 0 aliphatic carbocycles. The molecule has 1 atom stereocenters. The molecule has 1 heterocycles. The van der Waals surface area contributed by atoms with Crippen LogP contribution < -0.4 is 5.32 Å². The van der Waals surface area contributed by atoms with Crippen LogP contribution in [-0.2, 0) is 14.3 Å². The van der Waals surface area contributed by atoms with Crippen molar-refractivity contribution in [3.8, 4) is 0 Å². The molecule has 1 aliphatic heterocycles. The normalized spacial score (nSPS) is 25.2. The van der Waals surface area contributed by atoms with Crippen molar-refractivity contribution in [3.05, 3.63) is 0 Å². The number of amides is 1. The van der Waals surface area contributed by atoms with E-state index in [0.29, 0.717) is 0 Å². The molecule has 1 N–H and O–H groups in total. The third-order valence-corrected chi connectivity index (χ3v) is 1.94. The van der Waals surface area contributed by atoms with Crippen molar-refractivity contribution in [2.45, 2.75) is 20.0 Å². The molecule has 13 heavy (non-hydrogen) atoms. The van der Waals surface area contributed by atoms with Gasteiger partial charge in [-0.2, -0.15) is 0 Å². The van der Waals surface area contributed by atoms with Gasteiger partial charge in [0.1, 0.15) is 6.61 Å². The van der Waals surface area contributed by atoms with E-state index in [1.807, 2.05) is 13.8 Å². The first-order chi connectivity index (χ1) is 5.97. The summed E-state index contributed by atoms with van der Waals surface area (Å²) in [7, 11) is 1.44. The Hall–Kier alpha value is -1.26. The van der Waals surface area contributed by atoms with Crippen LogP contribution in [0.15, 0.2) is 0 Å². The van der Waals surface area contributed by atoms with E-state index in [9.17, 15) is 9.59 Å². The average Bonchev–Trinajstić information content (AvgIpc) is 2.31. The molecule has 1 unspecified atom stereocenters. The lowest BCUT2D eigenvalue weighted by atomic mass is 9.90. The SMILES string of the molecule is CNC(=O)OC1C(=O)OCC1(C)C. The lowest BCUT2D eigenvalue weighted by molar-refractivity contribution is -0.145. The van der Waals surface area contributed by atoms with Crippen LogP contribution in [0.1, 0.15) is 13.8 Å². The number of carbonyl (C=O) groups excluding carboxylic acids is 2. The molecule has 0 aromatic rings. The Labute approximate surface area is 76.4 Å². The first-order valence-corrected chi connectivity index (χ1v) is 4.02. The molecule has 0 aromatic carbocycles. The van der Waals surface area contributed by atoms with Crippen LogP contribution >= 0.6 is 0 Å². The van der Waals surface area contributed by atoms with Gasteiger partial charge in [0.05, 0.1) is 0 Å². The Morgan fingerprint density at radius 1 is 1.69 bits per heavy atom. The fraction of sp³-hybridized carbons (Fsp3) is 0.750. The number of carbonyl (C=O) groups is 2. The minimum atomic E-state index is -0.799. The van der Waals surface area contributed by atoms with E-state index in [2.05, 4.69) is 5.32 Å². The third kappa shape index (κ3) is 1.91. The molecule has 0 radical (unpaired) electrons. The molecule has 5 heteroatoms. The highest BCUT2D eigenvalue weighted by Gasteiger charge is 2.46. The van der Waals surface area contributed by atoms with E-state index in [4.69, 9.17) is 9.47 Å². The standard InChI is InChI=1S/C8H13NO4/c1-8(2)4-12-6(10)5(8)13-7(11)9-3/h5H,4H2,1-3H3,(H,9,11). The number of cyclic esters (lactones) is 1. The van der Waals surface area contributed by atoms with Crippen molar-refractivity contribution in [1.29, 1.82) is 0 Å². The molecular formula is C8H13NO4. The maximum atomic E-state index is 11.1. The molecule has 5 nitrogen and oxygen atoms in total. The Morgan fingerprint density at radius 3 is 2.69 bits per heavy atom. The summed E-state index contributed by atoms with van der Waals surface area (Å²) >= 11 is 0. The summed E-state index contributed by atoms with van der Waals surface area (Å²) in [5.41, 5.74) is -0.441. The van der Waals surface area contributed by atoms with Crippen molar-refractivity contribution in [1.82, 2.24) is 5.32 Å². The van der Waals surface area contributed by atoms with Crippen molar-refractivity contribution >= 4 is 12.1 Å². The molecule has 0 spiro atoms. The number of alkyl carbamates (subject to hydrolysis) is 1. The summed E-state index contributed by atoms with van der Waals surface area (Å²) in [5.74, 6) is -0.478. The summed E-state index contributed by atoms with van der Waals surface area (Å²) in [6.45, 7) is 3.91. The van der Waals surface area contributed by atoms with Gasteiger partial charge in [-0.05, 0) is 0 Å². The lowest BCUT2D eigenvalue weighted by Gasteiger charge is -2.21. The van der Waals surface area contributed by atoms with Gasteiger partial charge in [-0.25, -0.2) is 9.59 Å². The third-order valence-electron chi connectivity index (χ3n) is 1.94. The highest BCUT2D eigenvalue weighted by atomic mass is 16.6. The number of hydrogen-bond acceptors (Lipinski definition) is 4. The maximum absolute atomic E-state index is 11.1.